The first-order chi connectivity index (χ1) is 8.56. The van der Waals surface area contributed by atoms with Crippen molar-refractivity contribution in [3.63, 3.8) is 0 Å². The Kier molecular flexibility index (Phi) is 4.78. The third kappa shape index (κ3) is 3.52. The van der Waals surface area contributed by atoms with Crippen LogP contribution in [0.15, 0.2) is 18.2 Å². The molecule has 5 heteroatoms. The number of nitrogens with one attached hydrogen (secondary N) is 1. The number of carbonyl (C=O) groups is 1. The molecule has 1 fully saturated rings. The van der Waals surface area contributed by atoms with Crippen LogP contribution in [0.4, 0.5) is 0 Å². The van der Waals surface area contributed by atoms with Crippen molar-refractivity contribution in [3.05, 3.63) is 32.4 Å². The molecule has 0 saturated heterocycles. The number of amides is 1. The lowest BCUT2D eigenvalue weighted by Gasteiger charge is -2.14. The highest BCUT2D eigenvalue weighted by atomic mass is 127. The molecule has 0 radical (unpaired) electrons. The molecule has 1 N–H and O–H groups in total. The zero-order chi connectivity index (χ0) is 13.2. The first-order valence-electron chi connectivity index (χ1n) is 5.86. The Morgan fingerprint density at radius 2 is 2.17 bits per heavy atom. The van der Waals surface area contributed by atoms with Gasteiger partial charge in [-0.2, -0.15) is 0 Å². The normalized spacial score (nSPS) is 16.4. The van der Waals surface area contributed by atoms with Gasteiger partial charge in [0.1, 0.15) is 0 Å². The molecule has 1 aromatic carbocycles. The Bertz CT molecular complexity index is 460. The van der Waals surface area contributed by atoms with Crippen molar-refractivity contribution in [2.45, 2.75) is 19.3 Å². The summed E-state index contributed by atoms with van der Waals surface area (Å²) in [6.07, 6.45) is 3.29. The lowest BCUT2D eigenvalue weighted by molar-refractivity contribution is 0.0944. The summed E-state index contributed by atoms with van der Waals surface area (Å²) in [4.78, 5) is 12.0. The minimum Gasteiger partial charge on any atom is -0.351 e. The zero-order valence-electron chi connectivity index (χ0n) is 9.81. The van der Waals surface area contributed by atoms with E-state index in [-0.39, 0.29) is 11.3 Å². The Morgan fingerprint density at radius 3 is 2.72 bits per heavy atom. The van der Waals surface area contributed by atoms with Crippen LogP contribution in [0.2, 0.25) is 5.02 Å². The van der Waals surface area contributed by atoms with Crippen LogP contribution in [0, 0.1) is 8.99 Å². The van der Waals surface area contributed by atoms with Gasteiger partial charge in [-0.15, -0.1) is 11.6 Å². The number of alkyl halides is 1. The first kappa shape index (κ1) is 14.4. The van der Waals surface area contributed by atoms with Crippen LogP contribution in [-0.4, -0.2) is 18.3 Å². The molecule has 0 aliphatic heterocycles. The van der Waals surface area contributed by atoms with E-state index >= 15 is 0 Å². The van der Waals surface area contributed by atoms with Crippen LogP contribution in [0.5, 0.6) is 0 Å². The van der Waals surface area contributed by atoms with E-state index in [1.165, 1.54) is 0 Å². The van der Waals surface area contributed by atoms with Crippen LogP contribution >= 0.6 is 45.8 Å². The predicted octanol–water partition coefficient (Wildman–Crippen LogP) is 4.08. The number of halogens is 3. The average molecular weight is 398 g/mol. The summed E-state index contributed by atoms with van der Waals surface area (Å²) in [6, 6.07) is 5.35. The standard InChI is InChI=1S/C13H14Cl2INO/c14-6-5-13(3-4-13)8-17-12(18)9-1-2-11(16)10(15)7-9/h1-2,7H,3-6,8H2,(H,17,18). The van der Waals surface area contributed by atoms with Gasteiger partial charge < -0.3 is 5.32 Å². The molecule has 1 saturated carbocycles. The van der Waals surface area contributed by atoms with E-state index < -0.39 is 0 Å². The van der Waals surface area contributed by atoms with Gasteiger partial charge in [-0.05, 0) is 65.5 Å². The van der Waals surface area contributed by atoms with Gasteiger partial charge in [0.05, 0.1) is 5.02 Å². The summed E-state index contributed by atoms with van der Waals surface area (Å²) >= 11 is 13.9. The molecule has 0 spiro atoms. The van der Waals surface area contributed by atoms with Crippen molar-refractivity contribution in [2.75, 3.05) is 12.4 Å². The fourth-order valence-electron chi connectivity index (χ4n) is 1.90. The number of hydrogen-bond acceptors (Lipinski definition) is 1. The molecule has 1 amide bonds. The Balaban J connectivity index is 1.93. The second-order valence-electron chi connectivity index (χ2n) is 4.75. The van der Waals surface area contributed by atoms with Gasteiger partial charge >= 0.3 is 0 Å². The maximum absolute atomic E-state index is 12.0. The maximum Gasteiger partial charge on any atom is 0.251 e. The first-order valence-corrected chi connectivity index (χ1v) is 7.85. The van der Waals surface area contributed by atoms with Gasteiger partial charge in [-0.1, -0.05) is 11.6 Å². The van der Waals surface area contributed by atoms with Gasteiger partial charge in [-0.3, -0.25) is 4.79 Å². The van der Waals surface area contributed by atoms with E-state index in [1.54, 1.807) is 12.1 Å². The molecular formula is C13H14Cl2INO. The lowest BCUT2D eigenvalue weighted by Crippen LogP contribution is -2.30. The second kappa shape index (κ2) is 5.97. The molecule has 0 unspecified atom stereocenters. The Labute approximate surface area is 131 Å². The van der Waals surface area contributed by atoms with Crippen molar-refractivity contribution in [3.8, 4) is 0 Å². The lowest BCUT2D eigenvalue weighted by atomic mass is 10.0. The smallest absolute Gasteiger partial charge is 0.251 e. The number of benzene rings is 1. The molecule has 0 aromatic heterocycles. The van der Waals surface area contributed by atoms with Crippen molar-refractivity contribution >= 4 is 51.7 Å². The molecule has 2 rings (SSSR count). The third-order valence-electron chi connectivity index (χ3n) is 3.39. The highest BCUT2D eigenvalue weighted by Crippen LogP contribution is 2.48. The van der Waals surface area contributed by atoms with E-state index in [2.05, 4.69) is 27.9 Å². The van der Waals surface area contributed by atoms with Gasteiger partial charge in [0.2, 0.25) is 0 Å². The molecule has 1 aliphatic carbocycles. The minimum absolute atomic E-state index is 0.0610. The minimum atomic E-state index is -0.0610. The van der Waals surface area contributed by atoms with E-state index in [0.717, 1.165) is 22.8 Å². The van der Waals surface area contributed by atoms with Crippen LogP contribution in [0.25, 0.3) is 0 Å². The van der Waals surface area contributed by atoms with Crippen molar-refractivity contribution in [2.24, 2.45) is 5.41 Å². The number of rotatable bonds is 5. The highest BCUT2D eigenvalue weighted by molar-refractivity contribution is 14.1. The summed E-state index contributed by atoms with van der Waals surface area (Å²) in [6.45, 7) is 0.710. The van der Waals surface area contributed by atoms with Crippen LogP contribution in [-0.2, 0) is 0 Å². The largest absolute Gasteiger partial charge is 0.351 e. The summed E-state index contributed by atoms with van der Waals surface area (Å²) < 4.78 is 0.951. The highest BCUT2D eigenvalue weighted by Gasteiger charge is 2.41. The van der Waals surface area contributed by atoms with E-state index in [0.29, 0.717) is 23.0 Å². The second-order valence-corrected chi connectivity index (χ2v) is 6.70. The Hall–Kier alpha value is -0.0000000000000000555. The number of carbonyl (C=O) groups excluding carboxylic acids is 1. The van der Waals surface area contributed by atoms with Crippen molar-refractivity contribution in [1.82, 2.24) is 5.32 Å². The summed E-state index contributed by atoms with van der Waals surface area (Å²) in [5, 5.41) is 3.59. The van der Waals surface area contributed by atoms with E-state index in [1.807, 2.05) is 6.07 Å². The van der Waals surface area contributed by atoms with Gasteiger partial charge in [0, 0.05) is 21.6 Å². The monoisotopic (exact) mass is 397 g/mol. The van der Waals surface area contributed by atoms with Crippen molar-refractivity contribution < 1.29 is 4.79 Å². The van der Waals surface area contributed by atoms with Crippen LogP contribution in [0.1, 0.15) is 29.6 Å². The number of hydrogen-bond donors (Lipinski definition) is 1. The summed E-state index contributed by atoms with van der Waals surface area (Å²) in [5.41, 5.74) is 0.867. The van der Waals surface area contributed by atoms with Gasteiger partial charge in [0.25, 0.3) is 5.91 Å². The topological polar surface area (TPSA) is 29.1 Å². The molecule has 1 aromatic rings. The van der Waals surface area contributed by atoms with E-state index in [4.69, 9.17) is 23.2 Å². The summed E-state index contributed by atoms with van der Waals surface area (Å²) in [5.74, 6) is 0.597. The van der Waals surface area contributed by atoms with Crippen LogP contribution < -0.4 is 5.32 Å². The maximum atomic E-state index is 12.0. The molecular weight excluding hydrogens is 384 g/mol. The van der Waals surface area contributed by atoms with Crippen LogP contribution in [0.3, 0.4) is 0 Å². The van der Waals surface area contributed by atoms with Crippen molar-refractivity contribution in [1.29, 1.82) is 0 Å². The predicted molar refractivity (Wildman–Crippen MR) is 83.5 cm³/mol. The average Bonchev–Trinajstić information content (AvgIpc) is 3.11. The van der Waals surface area contributed by atoms with Gasteiger partial charge in [0.15, 0.2) is 0 Å². The van der Waals surface area contributed by atoms with E-state index in [9.17, 15) is 4.79 Å². The molecule has 2 nitrogen and oxygen atoms in total. The SMILES string of the molecule is O=C(NCC1(CCCl)CC1)c1ccc(I)c(Cl)c1. The van der Waals surface area contributed by atoms with Gasteiger partial charge in [-0.25, -0.2) is 0 Å². The molecule has 0 heterocycles. The zero-order valence-corrected chi connectivity index (χ0v) is 13.5. The fraction of sp³-hybridized carbons (Fsp3) is 0.462. The molecule has 18 heavy (non-hydrogen) atoms. The fourth-order valence-corrected chi connectivity index (χ4v) is 2.82. The molecule has 1 aliphatic rings. The third-order valence-corrected chi connectivity index (χ3v) is 5.15. The molecule has 98 valence electrons. The summed E-state index contributed by atoms with van der Waals surface area (Å²) in [7, 11) is 0. The quantitative estimate of drug-likeness (QED) is 0.588. The Morgan fingerprint density at radius 1 is 1.44 bits per heavy atom. The molecule has 0 atom stereocenters. The molecule has 0 bridgehead atoms.